The second kappa shape index (κ2) is 8.82. The van der Waals surface area contributed by atoms with Crippen LogP contribution in [0.1, 0.15) is 26.3 Å². The number of nitrogens with one attached hydrogen (secondary N) is 1. The smallest absolute Gasteiger partial charge is 0.256 e. The average Bonchev–Trinajstić information content (AvgIpc) is 2.80. The maximum atomic E-state index is 13.2. The molecule has 5 nitrogen and oxygen atoms in total. The maximum Gasteiger partial charge on any atom is 0.256 e. The van der Waals surface area contributed by atoms with Crippen molar-refractivity contribution in [1.82, 2.24) is 4.90 Å². The van der Waals surface area contributed by atoms with Crippen LogP contribution < -0.4 is 10.2 Å². The number of hydrogen-bond donors (Lipinski definition) is 1. The monoisotopic (exact) mass is 399 g/mol. The molecule has 0 unspecified atom stereocenters. The summed E-state index contributed by atoms with van der Waals surface area (Å²) in [7, 11) is 0. The number of carbonyl (C=O) groups excluding carboxylic acids is 2. The molecule has 0 bridgehead atoms. The molecule has 1 saturated heterocycles. The summed E-state index contributed by atoms with van der Waals surface area (Å²) in [6.45, 7) is 4.98. The van der Waals surface area contributed by atoms with Crippen LogP contribution in [0, 0.1) is 6.92 Å². The minimum absolute atomic E-state index is 0.0524. The normalized spacial score (nSPS) is 13.8. The van der Waals surface area contributed by atoms with Crippen molar-refractivity contribution < 1.29 is 9.59 Å². The predicted molar refractivity (Wildman–Crippen MR) is 120 cm³/mol. The van der Waals surface area contributed by atoms with E-state index in [4.69, 9.17) is 0 Å². The molecule has 1 aliphatic heterocycles. The molecule has 4 rings (SSSR count). The fraction of sp³-hybridized carbons (Fsp3) is 0.200. The van der Waals surface area contributed by atoms with Gasteiger partial charge in [0, 0.05) is 37.4 Å². The fourth-order valence-corrected chi connectivity index (χ4v) is 3.80. The summed E-state index contributed by atoms with van der Waals surface area (Å²) in [6.07, 6.45) is 0. The minimum atomic E-state index is -0.222. The van der Waals surface area contributed by atoms with Gasteiger partial charge in [-0.1, -0.05) is 48.5 Å². The van der Waals surface area contributed by atoms with Crippen molar-refractivity contribution in [2.24, 2.45) is 0 Å². The molecule has 1 N–H and O–H groups in total. The third-order valence-corrected chi connectivity index (χ3v) is 5.46. The Morgan fingerprint density at radius 3 is 2.13 bits per heavy atom. The van der Waals surface area contributed by atoms with Crippen LogP contribution in [0.15, 0.2) is 78.9 Å². The van der Waals surface area contributed by atoms with Crippen LogP contribution in [0.25, 0.3) is 0 Å². The van der Waals surface area contributed by atoms with E-state index in [9.17, 15) is 9.59 Å². The molecule has 2 amide bonds. The summed E-state index contributed by atoms with van der Waals surface area (Å²) in [4.78, 5) is 29.9. The third-order valence-electron chi connectivity index (χ3n) is 5.46. The summed E-state index contributed by atoms with van der Waals surface area (Å²) in [6, 6.07) is 24.5. The van der Waals surface area contributed by atoms with Crippen molar-refractivity contribution >= 4 is 23.2 Å². The quantitative estimate of drug-likeness (QED) is 0.715. The Morgan fingerprint density at radius 2 is 1.40 bits per heavy atom. The number of anilines is 2. The Labute approximate surface area is 176 Å². The first-order valence-electron chi connectivity index (χ1n) is 10.2. The standard InChI is InChI=1S/C25H25N3O2/c1-19-9-5-8-14-23(19)27-15-17-28(18-16-27)25(30)21-12-6-7-13-22(21)26-24(29)20-10-3-2-4-11-20/h2-14H,15-18H2,1H3,(H,26,29). The lowest BCUT2D eigenvalue weighted by Crippen LogP contribution is -2.49. The third kappa shape index (κ3) is 4.20. The van der Waals surface area contributed by atoms with Crippen molar-refractivity contribution in [2.75, 3.05) is 36.4 Å². The van der Waals surface area contributed by atoms with Crippen LogP contribution in [0.4, 0.5) is 11.4 Å². The van der Waals surface area contributed by atoms with Crippen LogP contribution >= 0.6 is 0 Å². The summed E-state index contributed by atoms with van der Waals surface area (Å²) in [5.74, 6) is -0.274. The summed E-state index contributed by atoms with van der Waals surface area (Å²) in [5, 5.41) is 2.89. The van der Waals surface area contributed by atoms with Gasteiger partial charge in [-0.25, -0.2) is 0 Å². The lowest BCUT2D eigenvalue weighted by Gasteiger charge is -2.37. The highest BCUT2D eigenvalue weighted by Crippen LogP contribution is 2.23. The van der Waals surface area contributed by atoms with Gasteiger partial charge in [-0.3, -0.25) is 9.59 Å². The second-order valence-electron chi connectivity index (χ2n) is 7.43. The number of para-hydroxylation sites is 2. The van der Waals surface area contributed by atoms with Crippen LogP contribution in [-0.4, -0.2) is 42.9 Å². The van der Waals surface area contributed by atoms with Crippen molar-refractivity contribution in [1.29, 1.82) is 0 Å². The molecule has 0 saturated carbocycles. The second-order valence-corrected chi connectivity index (χ2v) is 7.43. The average molecular weight is 399 g/mol. The van der Waals surface area contributed by atoms with Crippen LogP contribution in [0.2, 0.25) is 0 Å². The van der Waals surface area contributed by atoms with Gasteiger partial charge in [-0.05, 0) is 42.8 Å². The van der Waals surface area contributed by atoms with Gasteiger partial charge in [0.1, 0.15) is 0 Å². The van der Waals surface area contributed by atoms with Crippen LogP contribution in [-0.2, 0) is 0 Å². The molecule has 0 aromatic heterocycles. The van der Waals surface area contributed by atoms with Crippen molar-refractivity contribution in [3.8, 4) is 0 Å². The highest BCUT2D eigenvalue weighted by atomic mass is 16.2. The number of rotatable bonds is 4. The highest BCUT2D eigenvalue weighted by molar-refractivity contribution is 6.09. The Morgan fingerprint density at radius 1 is 0.767 bits per heavy atom. The van der Waals surface area contributed by atoms with Crippen LogP contribution in [0.3, 0.4) is 0 Å². The summed E-state index contributed by atoms with van der Waals surface area (Å²) < 4.78 is 0. The van der Waals surface area contributed by atoms with E-state index < -0.39 is 0 Å². The van der Waals surface area contributed by atoms with Crippen molar-refractivity contribution in [3.63, 3.8) is 0 Å². The molecule has 1 heterocycles. The lowest BCUT2D eigenvalue weighted by molar-refractivity contribution is 0.0748. The van der Waals surface area contributed by atoms with E-state index in [0.29, 0.717) is 29.9 Å². The SMILES string of the molecule is Cc1ccccc1N1CCN(C(=O)c2ccccc2NC(=O)c2ccccc2)CC1. The molecule has 152 valence electrons. The van der Waals surface area contributed by atoms with Gasteiger partial charge in [0.2, 0.25) is 0 Å². The molecule has 0 radical (unpaired) electrons. The fourth-order valence-electron chi connectivity index (χ4n) is 3.80. The molecule has 3 aromatic rings. The number of carbonyl (C=O) groups is 2. The lowest BCUT2D eigenvalue weighted by atomic mass is 10.1. The van der Waals surface area contributed by atoms with Crippen LogP contribution in [0.5, 0.6) is 0 Å². The highest BCUT2D eigenvalue weighted by Gasteiger charge is 2.25. The maximum absolute atomic E-state index is 13.2. The van der Waals surface area contributed by atoms with Gasteiger partial charge < -0.3 is 15.1 Å². The van der Waals surface area contributed by atoms with E-state index in [-0.39, 0.29) is 11.8 Å². The first-order chi connectivity index (χ1) is 14.6. The molecule has 5 heteroatoms. The molecule has 1 fully saturated rings. The Kier molecular flexibility index (Phi) is 5.80. The summed E-state index contributed by atoms with van der Waals surface area (Å²) >= 11 is 0. The number of amides is 2. The van der Waals surface area contributed by atoms with Gasteiger partial charge in [-0.2, -0.15) is 0 Å². The first kappa shape index (κ1) is 19.7. The van der Waals surface area contributed by atoms with E-state index in [0.717, 1.165) is 13.1 Å². The van der Waals surface area contributed by atoms with Gasteiger partial charge in [-0.15, -0.1) is 0 Å². The molecule has 0 spiro atoms. The number of aryl methyl sites for hydroxylation is 1. The van der Waals surface area contributed by atoms with Crippen molar-refractivity contribution in [3.05, 3.63) is 95.6 Å². The first-order valence-corrected chi connectivity index (χ1v) is 10.2. The topological polar surface area (TPSA) is 52.6 Å². The van der Waals surface area contributed by atoms with E-state index in [1.807, 2.05) is 47.4 Å². The number of nitrogens with zero attached hydrogens (tertiary/aromatic N) is 2. The number of hydrogen-bond acceptors (Lipinski definition) is 3. The number of benzene rings is 3. The van der Waals surface area contributed by atoms with E-state index in [1.54, 1.807) is 24.3 Å². The Hall–Kier alpha value is -3.60. The molecular weight excluding hydrogens is 374 g/mol. The van der Waals surface area contributed by atoms with Gasteiger partial charge in [0.15, 0.2) is 0 Å². The molecule has 0 aliphatic carbocycles. The number of piperazine rings is 1. The Balaban J connectivity index is 1.46. The van der Waals surface area contributed by atoms with Crippen molar-refractivity contribution in [2.45, 2.75) is 6.92 Å². The predicted octanol–water partition coefficient (Wildman–Crippen LogP) is 4.21. The van der Waals surface area contributed by atoms with E-state index in [2.05, 4.69) is 29.3 Å². The largest absolute Gasteiger partial charge is 0.368 e. The minimum Gasteiger partial charge on any atom is -0.368 e. The molecule has 1 aliphatic rings. The summed E-state index contributed by atoms with van der Waals surface area (Å²) in [5.41, 5.74) is 4.08. The van der Waals surface area contributed by atoms with Gasteiger partial charge in [0.25, 0.3) is 11.8 Å². The van der Waals surface area contributed by atoms with Gasteiger partial charge >= 0.3 is 0 Å². The Bertz CT molecular complexity index is 1040. The van der Waals surface area contributed by atoms with Gasteiger partial charge in [0.05, 0.1) is 11.3 Å². The van der Waals surface area contributed by atoms with E-state index >= 15 is 0 Å². The molecular formula is C25H25N3O2. The zero-order chi connectivity index (χ0) is 20.9. The zero-order valence-corrected chi connectivity index (χ0v) is 17.0. The van der Waals surface area contributed by atoms with E-state index in [1.165, 1.54) is 11.3 Å². The molecule has 0 atom stereocenters. The molecule has 3 aromatic carbocycles. The zero-order valence-electron chi connectivity index (χ0n) is 17.0. The molecule has 30 heavy (non-hydrogen) atoms.